The second kappa shape index (κ2) is 7.65. The van der Waals surface area contributed by atoms with Crippen LogP contribution < -0.4 is 0 Å². The van der Waals surface area contributed by atoms with Crippen molar-refractivity contribution in [1.29, 1.82) is 0 Å². The van der Waals surface area contributed by atoms with Gasteiger partial charge in [0.25, 0.3) is 10.0 Å². The summed E-state index contributed by atoms with van der Waals surface area (Å²) in [7, 11) is -4.01. The van der Waals surface area contributed by atoms with E-state index >= 15 is 0 Å². The highest BCUT2D eigenvalue weighted by molar-refractivity contribution is 7.89. The second-order valence-corrected chi connectivity index (χ2v) is 8.39. The number of halogens is 1. The normalized spacial score (nSPS) is 11.5. The summed E-state index contributed by atoms with van der Waals surface area (Å²) in [5.74, 6) is -1.95. The van der Waals surface area contributed by atoms with Crippen molar-refractivity contribution in [3.05, 3.63) is 64.9 Å². The summed E-state index contributed by atoms with van der Waals surface area (Å²) in [6, 6.07) is 12.0. The van der Waals surface area contributed by atoms with Crippen LogP contribution >= 0.6 is 11.6 Å². The number of fused-ring (bicyclic) bond motifs is 1. The highest BCUT2D eigenvalue weighted by Gasteiger charge is 2.26. The average molecular weight is 422 g/mol. The average Bonchev–Trinajstić information content (AvgIpc) is 3.05. The SMILES string of the molecule is CC(=O)N(CCc1ccc2oc(C(=O)O)cc2c1)S(=O)(=O)c1ccc(Cl)cc1. The first-order valence-corrected chi connectivity index (χ1v) is 10.0. The fourth-order valence-electron chi connectivity index (χ4n) is 2.77. The van der Waals surface area contributed by atoms with Gasteiger partial charge in [-0.2, -0.15) is 0 Å². The van der Waals surface area contributed by atoms with Crippen molar-refractivity contribution in [3.63, 3.8) is 0 Å². The van der Waals surface area contributed by atoms with Gasteiger partial charge < -0.3 is 9.52 Å². The predicted molar refractivity (Wildman–Crippen MR) is 103 cm³/mol. The van der Waals surface area contributed by atoms with Crippen molar-refractivity contribution in [1.82, 2.24) is 4.31 Å². The lowest BCUT2D eigenvalue weighted by molar-refractivity contribution is -0.124. The molecule has 0 saturated carbocycles. The zero-order chi connectivity index (χ0) is 20.5. The molecule has 1 amide bonds. The first-order chi connectivity index (χ1) is 13.2. The number of carbonyl (C=O) groups excluding carboxylic acids is 1. The summed E-state index contributed by atoms with van der Waals surface area (Å²) >= 11 is 5.79. The Kier molecular flexibility index (Phi) is 5.44. The first kappa shape index (κ1) is 19.9. The number of hydrogen-bond donors (Lipinski definition) is 1. The Hall–Kier alpha value is -2.84. The van der Waals surface area contributed by atoms with Crippen molar-refractivity contribution in [2.75, 3.05) is 6.54 Å². The maximum atomic E-state index is 12.8. The minimum absolute atomic E-state index is 0.0245. The van der Waals surface area contributed by atoms with Gasteiger partial charge in [0, 0.05) is 23.9 Å². The number of rotatable bonds is 6. The van der Waals surface area contributed by atoms with Gasteiger partial charge in [0.05, 0.1) is 4.90 Å². The highest BCUT2D eigenvalue weighted by atomic mass is 35.5. The number of aromatic carboxylic acids is 1. The van der Waals surface area contributed by atoms with Gasteiger partial charge in [-0.15, -0.1) is 0 Å². The molecule has 0 unspecified atom stereocenters. The molecule has 146 valence electrons. The second-order valence-electron chi connectivity index (χ2n) is 6.09. The molecule has 9 heteroatoms. The first-order valence-electron chi connectivity index (χ1n) is 8.23. The minimum atomic E-state index is -4.01. The van der Waals surface area contributed by atoms with Gasteiger partial charge in [-0.05, 0) is 54.4 Å². The molecule has 1 N–H and O–H groups in total. The Morgan fingerprint density at radius 1 is 1.11 bits per heavy atom. The summed E-state index contributed by atoms with van der Waals surface area (Å²) in [5, 5.41) is 9.97. The van der Waals surface area contributed by atoms with E-state index in [4.69, 9.17) is 21.1 Å². The van der Waals surface area contributed by atoms with Crippen LogP contribution in [0.15, 0.2) is 57.8 Å². The molecule has 0 aliphatic rings. The topological polar surface area (TPSA) is 105 Å². The lowest BCUT2D eigenvalue weighted by atomic mass is 10.1. The van der Waals surface area contributed by atoms with E-state index in [0.717, 1.165) is 9.87 Å². The summed E-state index contributed by atoms with van der Waals surface area (Å²) in [6.07, 6.45) is 0.260. The van der Waals surface area contributed by atoms with Crippen LogP contribution in [0.25, 0.3) is 11.0 Å². The molecule has 1 aromatic heterocycles. The van der Waals surface area contributed by atoms with Crippen molar-refractivity contribution >= 4 is 44.5 Å². The fraction of sp³-hybridized carbons (Fsp3) is 0.158. The van der Waals surface area contributed by atoms with Gasteiger partial charge >= 0.3 is 5.97 Å². The van der Waals surface area contributed by atoms with Crippen LogP contribution in [0.4, 0.5) is 0 Å². The van der Waals surface area contributed by atoms with E-state index in [1.807, 2.05) is 0 Å². The third-order valence-corrected chi connectivity index (χ3v) is 6.29. The molecule has 0 radical (unpaired) electrons. The Morgan fingerprint density at radius 3 is 2.39 bits per heavy atom. The van der Waals surface area contributed by atoms with E-state index in [1.54, 1.807) is 18.2 Å². The van der Waals surface area contributed by atoms with Gasteiger partial charge in [-0.1, -0.05) is 17.7 Å². The van der Waals surface area contributed by atoms with Gasteiger partial charge in [0.1, 0.15) is 5.58 Å². The Bertz CT molecular complexity index is 1150. The van der Waals surface area contributed by atoms with Crippen LogP contribution in [0, 0.1) is 0 Å². The number of furan rings is 1. The van der Waals surface area contributed by atoms with E-state index in [1.165, 1.54) is 37.3 Å². The zero-order valence-electron chi connectivity index (χ0n) is 14.8. The molecular weight excluding hydrogens is 406 g/mol. The number of carboxylic acid groups (broad SMARTS) is 1. The van der Waals surface area contributed by atoms with Crippen LogP contribution in [0.3, 0.4) is 0 Å². The van der Waals surface area contributed by atoms with Gasteiger partial charge in [-0.3, -0.25) is 4.79 Å². The maximum Gasteiger partial charge on any atom is 0.371 e. The molecule has 0 saturated heterocycles. The van der Waals surface area contributed by atoms with Crippen LogP contribution in [0.1, 0.15) is 23.0 Å². The van der Waals surface area contributed by atoms with E-state index < -0.39 is 21.9 Å². The van der Waals surface area contributed by atoms with Gasteiger partial charge in [0.2, 0.25) is 11.7 Å². The van der Waals surface area contributed by atoms with Crippen molar-refractivity contribution in [2.24, 2.45) is 0 Å². The molecule has 7 nitrogen and oxygen atoms in total. The monoisotopic (exact) mass is 421 g/mol. The number of nitrogens with zero attached hydrogens (tertiary/aromatic N) is 1. The molecule has 3 rings (SSSR count). The summed E-state index contributed by atoms with van der Waals surface area (Å²) in [5.41, 5.74) is 1.15. The quantitative estimate of drug-likeness (QED) is 0.652. The van der Waals surface area contributed by atoms with Crippen LogP contribution in [-0.2, 0) is 21.2 Å². The Morgan fingerprint density at radius 2 is 1.79 bits per heavy atom. The van der Waals surface area contributed by atoms with E-state index in [-0.39, 0.29) is 23.6 Å². The third kappa shape index (κ3) is 4.02. The van der Waals surface area contributed by atoms with Crippen LogP contribution in [0.5, 0.6) is 0 Å². The van der Waals surface area contributed by atoms with Gasteiger partial charge in [-0.25, -0.2) is 17.5 Å². The molecule has 28 heavy (non-hydrogen) atoms. The standard InChI is InChI=1S/C19H16ClNO6S/c1-12(22)21(28(25,26)16-5-3-15(20)4-6-16)9-8-13-2-7-17-14(10-13)11-18(27-17)19(23)24/h2-7,10-11H,8-9H2,1H3,(H,23,24). The van der Waals surface area contributed by atoms with Crippen molar-refractivity contribution in [2.45, 2.75) is 18.2 Å². The van der Waals surface area contributed by atoms with Crippen molar-refractivity contribution < 1.29 is 27.5 Å². The number of hydrogen-bond acceptors (Lipinski definition) is 5. The largest absolute Gasteiger partial charge is 0.475 e. The molecule has 0 bridgehead atoms. The van der Waals surface area contributed by atoms with Crippen molar-refractivity contribution in [3.8, 4) is 0 Å². The molecule has 0 aliphatic carbocycles. The number of carbonyl (C=O) groups is 2. The number of amides is 1. The molecule has 0 spiro atoms. The predicted octanol–water partition coefficient (Wildman–Crippen LogP) is 3.56. The molecule has 0 atom stereocenters. The van der Waals surface area contributed by atoms with Gasteiger partial charge in [0.15, 0.2) is 0 Å². The molecule has 3 aromatic rings. The van der Waals surface area contributed by atoms with E-state index in [9.17, 15) is 18.0 Å². The van der Waals surface area contributed by atoms with Crippen LogP contribution in [-0.4, -0.2) is 36.3 Å². The smallest absolute Gasteiger partial charge is 0.371 e. The molecule has 0 aliphatic heterocycles. The summed E-state index contributed by atoms with van der Waals surface area (Å²) in [6.45, 7) is 1.13. The fourth-order valence-corrected chi connectivity index (χ4v) is 4.30. The maximum absolute atomic E-state index is 12.8. The van der Waals surface area contributed by atoms with E-state index in [2.05, 4.69) is 0 Å². The number of sulfonamides is 1. The summed E-state index contributed by atoms with van der Waals surface area (Å²) in [4.78, 5) is 23.0. The number of benzene rings is 2. The summed E-state index contributed by atoms with van der Waals surface area (Å²) < 4.78 is 31.6. The molecule has 2 aromatic carbocycles. The van der Waals surface area contributed by atoms with Crippen LogP contribution in [0.2, 0.25) is 5.02 Å². The number of carboxylic acids is 1. The Labute approximate surface area is 166 Å². The Balaban J connectivity index is 1.83. The lowest BCUT2D eigenvalue weighted by Crippen LogP contribution is -2.36. The van der Waals surface area contributed by atoms with E-state index in [0.29, 0.717) is 16.0 Å². The third-order valence-electron chi connectivity index (χ3n) is 4.15. The minimum Gasteiger partial charge on any atom is -0.475 e. The molecule has 0 fully saturated rings. The zero-order valence-corrected chi connectivity index (χ0v) is 16.3. The lowest BCUT2D eigenvalue weighted by Gasteiger charge is -2.21. The molecule has 1 heterocycles. The highest BCUT2D eigenvalue weighted by Crippen LogP contribution is 2.23. The molecular formula is C19H16ClNO6S.